The van der Waals surface area contributed by atoms with E-state index < -0.39 is 5.82 Å². The van der Waals surface area contributed by atoms with Gasteiger partial charge in [0.1, 0.15) is 10.8 Å². The fourth-order valence-electron chi connectivity index (χ4n) is 1.35. The van der Waals surface area contributed by atoms with Gasteiger partial charge in [-0.2, -0.15) is 0 Å². The molecule has 5 heteroatoms. The summed E-state index contributed by atoms with van der Waals surface area (Å²) in [5.41, 5.74) is 0.474. The van der Waals surface area contributed by atoms with Crippen molar-refractivity contribution < 1.29 is 13.9 Å². The van der Waals surface area contributed by atoms with Gasteiger partial charge in [0.05, 0.1) is 0 Å². The van der Waals surface area contributed by atoms with Crippen LogP contribution in [0.5, 0.6) is 11.5 Å². The highest BCUT2D eigenvalue weighted by Gasteiger charge is 2.22. The van der Waals surface area contributed by atoms with Crippen molar-refractivity contribution in [2.45, 2.75) is 6.54 Å². The molecule has 76 valence electrons. The fraction of sp³-hybridized carbons (Fsp3) is 0.333. The number of hydrogen-bond donors (Lipinski definition) is 1. The van der Waals surface area contributed by atoms with Gasteiger partial charge in [0.15, 0.2) is 11.5 Å². The molecule has 14 heavy (non-hydrogen) atoms. The summed E-state index contributed by atoms with van der Waals surface area (Å²) in [6.45, 7) is 0.500. The largest absolute Gasteiger partial charge is 0.454 e. The van der Waals surface area contributed by atoms with Crippen LogP contribution < -0.4 is 14.8 Å². The summed E-state index contributed by atoms with van der Waals surface area (Å²) >= 11 is 5.77. The van der Waals surface area contributed by atoms with Crippen LogP contribution in [0, 0.1) is 5.82 Å². The third kappa shape index (κ3) is 1.40. The van der Waals surface area contributed by atoms with E-state index in [0.717, 1.165) is 0 Å². The number of halogens is 2. The topological polar surface area (TPSA) is 30.5 Å². The molecule has 0 fully saturated rings. The Balaban J connectivity index is 2.49. The van der Waals surface area contributed by atoms with Crippen molar-refractivity contribution in [3.8, 4) is 11.5 Å². The number of ether oxygens (including phenoxy) is 2. The second-order valence-electron chi connectivity index (χ2n) is 2.93. The molecule has 0 radical (unpaired) electrons. The quantitative estimate of drug-likeness (QED) is 0.821. The highest BCUT2D eigenvalue weighted by atomic mass is 35.5. The maximum Gasteiger partial charge on any atom is 0.231 e. The van der Waals surface area contributed by atoms with Gasteiger partial charge in [-0.05, 0) is 13.1 Å². The summed E-state index contributed by atoms with van der Waals surface area (Å²) in [6.07, 6.45) is 0. The summed E-state index contributed by atoms with van der Waals surface area (Å²) in [5, 5.41) is 2.84. The summed E-state index contributed by atoms with van der Waals surface area (Å²) in [7, 11) is 1.73. The molecule has 2 rings (SSSR count). The average molecular weight is 218 g/mol. The lowest BCUT2D eigenvalue weighted by atomic mass is 10.2. The number of fused-ring (bicyclic) bond motifs is 1. The van der Waals surface area contributed by atoms with Crippen molar-refractivity contribution in [2.24, 2.45) is 0 Å². The van der Waals surface area contributed by atoms with E-state index in [1.165, 1.54) is 0 Å². The normalized spacial score (nSPS) is 13.4. The van der Waals surface area contributed by atoms with Crippen molar-refractivity contribution >= 4 is 11.6 Å². The number of hydrogen-bond acceptors (Lipinski definition) is 3. The van der Waals surface area contributed by atoms with E-state index in [-0.39, 0.29) is 11.8 Å². The van der Waals surface area contributed by atoms with Crippen molar-refractivity contribution in [3.05, 3.63) is 22.5 Å². The summed E-state index contributed by atoms with van der Waals surface area (Å²) in [5.74, 6) is 0.343. The van der Waals surface area contributed by atoms with Crippen molar-refractivity contribution in [3.63, 3.8) is 0 Å². The molecule has 0 saturated carbocycles. The second kappa shape index (κ2) is 3.63. The Morgan fingerprint density at radius 1 is 1.57 bits per heavy atom. The van der Waals surface area contributed by atoms with E-state index in [1.807, 2.05) is 0 Å². The third-order valence-corrected chi connectivity index (χ3v) is 2.33. The molecule has 0 atom stereocenters. The predicted molar refractivity (Wildman–Crippen MR) is 50.3 cm³/mol. The Kier molecular flexibility index (Phi) is 2.48. The minimum Gasteiger partial charge on any atom is -0.454 e. The Hall–Kier alpha value is -1.00. The Labute approximate surface area is 85.8 Å². The molecule has 0 unspecified atom stereocenters. The van der Waals surface area contributed by atoms with Crippen LogP contribution in [-0.2, 0) is 6.54 Å². The molecular formula is C9H9ClFNO2. The first kappa shape index (κ1) is 9.55. The first-order valence-electron chi connectivity index (χ1n) is 4.15. The monoisotopic (exact) mass is 217 g/mol. The molecule has 0 bridgehead atoms. The van der Waals surface area contributed by atoms with Crippen molar-refractivity contribution in [1.82, 2.24) is 5.32 Å². The molecule has 0 amide bonds. The predicted octanol–water partition coefficient (Wildman–Crippen LogP) is 1.93. The second-order valence-corrected chi connectivity index (χ2v) is 3.31. The maximum atomic E-state index is 13.5. The van der Waals surface area contributed by atoms with Crippen LogP contribution in [0.4, 0.5) is 4.39 Å². The van der Waals surface area contributed by atoms with Crippen LogP contribution in [0.3, 0.4) is 0 Å². The summed E-state index contributed by atoms with van der Waals surface area (Å²) in [6, 6.07) is 1.60. The van der Waals surface area contributed by atoms with Gasteiger partial charge in [0.2, 0.25) is 6.79 Å². The molecule has 1 aliphatic heterocycles. The first-order chi connectivity index (χ1) is 6.74. The lowest BCUT2D eigenvalue weighted by Crippen LogP contribution is -2.07. The molecular weight excluding hydrogens is 209 g/mol. The molecule has 0 spiro atoms. The van der Waals surface area contributed by atoms with Crippen LogP contribution in [0.25, 0.3) is 0 Å². The standard InChI is InChI=1S/C9H9ClFNO2/c1-12-3-5-2-6-9(14-4-13-6)7(10)8(5)11/h2,12H,3-4H2,1H3. The van der Waals surface area contributed by atoms with Crippen LogP contribution in [-0.4, -0.2) is 13.8 Å². The van der Waals surface area contributed by atoms with Gasteiger partial charge in [-0.1, -0.05) is 11.6 Å². The molecule has 1 heterocycles. The highest BCUT2D eigenvalue weighted by Crippen LogP contribution is 2.41. The molecule has 1 N–H and O–H groups in total. The zero-order valence-electron chi connectivity index (χ0n) is 7.56. The van der Waals surface area contributed by atoms with Crippen LogP contribution in [0.15, 0.2) is 6.07 Å². The Morgan fingerprint density at radius 3 is 3.07 bits per heavy atom. The Morgan fingerprint density at radius 2 is 2.36 bits per heavy atom. The zero-order valence-corrected chi connectivity index (χ0v) is 8.32. The van der Waals surface area contributed by atoms with E-state index in [2.05, 4.69) is 5.32 Å². The van der Waals surface area contributed by atoms with Gasteiger partial charge in [-0.25, -0.2) is 4.39 Å². The number of rotatable bonds is 2. The van der Waals surface area contributed by atoms with Crippen LogP contribution in [0.1, 0.15) is 5.56 Å². The molecule has 0 saturated heterocycles. The smallest absolute Gasteiger partial charge is 0.231 e. The average Bonchev–Trinajstić information content (AvgIpc) is 2.62. The van der Waals surface area contributed by atoms with E-state index in [9.17, 15) is 4.39 Å². The Bertz CT molecular complexity index is 370. The minimum atomic E-state index is -0.453. The summed E-state index contributed by atoms with van der Waals surface area (Å²) < 4.78 is 23.7. The van der Waals surface area contributed by atoms with E-state index >= 15 is 0 Å². The fourth-order valence-corrected chi connectivity index (χ4v) is 1.62. The van der Waals surface area contributed by atoms with Crippen molar-refractivity contribution in [2.75, 3.05) is 13.8 Å². The van der Waals surface area contributed by atoms with Crippen LogP contribution >= 0.6 is 11.6 Å². The van der Waals surface area contributed by atoms with Gasteiger partial charge < -0.3 is 14.8 Å². The van der Waals surface area contributed by atoms with Crippen LogP contribution in [0.2, 0.25) is 5.02 Å². The molecule has 0 aliphatic carbocycles. The number of nitrogens with one attached hydrogen (secondary N) is 1. The summed E-state index contributed by atoms with van der Waals surface area (Å²) in [4.78, 5) is 0. The van der Waals surface area contributed by atoms with E-state index in [1.54, 1.807) is 13.1 Å². The third-order valence-electron chi connectivity index (χ3n) is 1.99. The van der Waals surface area contributed by atoms with Gasteiger partial charge in [-0.3, -0.25) is 0 Å². The number of benzene rings is 1. The lowest BCUT2D eigenvalue weighted by Gasteiger charge is -2.06. The van der Waals surface area contributed by atoms with Gasteiger partial charge >= 0.3 is 0 Å². The molecule has 1 aromatic rings. The van der Waals surface area contributed by atoms with E-state index in [4.69, 9.17) is 21.1 Å². The zero-order chi connectivity index (χ0) is 10.1. The van der Waals surface area contributed by atoms with Gasteiger partial charge in [0.25, 0.3) is 0 Å². The molecule has 1 aliphatic rings. The molecule has 1 aromatic carbocycles. The van der Waals surface area contributed by atoms with Crippen molar-refractivity contribution in [1.29, 1.82) is 0 Å². The maximum absolute atomic E-state index is 13.5. The highest BCUT2D eigenvalue weighted by molar-refractivity contribution is 6.32. The van der Waals surface area contributed by atoms with Gasteiger partial charge in [0, 0.05) is 12.1 Å². The molecule has 0 aromatic heterocycles. The lowest BCUT2D eigenvalue weighted by molar-refractivity contribution is 0.174. The van der Waals surface area contributed by atoms with Gasteiger partial charge in [-0.15, -0.1) is 0 Å². The SMILES string of the molecule is CNCc1cc2c(c(Cl)c1F)OCO2. The van der Waals surface area contributed by atoms with E-state index in [0.29, 0.717) is 23.6 Å². The first-order valence-corrected chi connectivity index (χ1v) is 4.53. The minimum absolute atomic E-state index is 0.00903. The molecule has 3 nitrogen and oxygen atoms in total.